The van der Waals surface area contributed by atoms with E-state index in [1.807, 2.05) is 12.3 Å². The standard InChI is InChI=1S/C13H20N2O3S/c1-9(12-14-7-8-19-12)15-10(16)5-6-11(17)18-13(2,3)4/h7-9H,5-6H2,1-4H3,(H,15,16). The number of amides is 1. The number of nitrogens with one attached hydrogen (secondary N) is 1. The normalized spacial score (nSPS) is 12.8. The van der Waals surface area contributed by atoms with E-state index in [0.29, 0.717) is 0 Å². The first-order chi connectivity index (χ1) is 8.78. The van der Waals surface area contributed by atoms with Crippen molar-refractivity contribution in [1.29, 1.82) is 0 Å². The fraction of sp³-hybridized carbons (Fsp3) is 0.615. The van der Waals surface area contributed by atoms with Gasteiger partial charge in [-0.25, -0.2) is 4.98 Å². The molecule has 0 radical (unpaired) electrons. The van der Waals surface area contributed by atoms with Gasteiger partial charge < -0.3 is 10.1 Å². The van der Waals surface area contributed by atoms with Gasteiger partial charge in [-0.05, 0) is 27.7 Å². The number of hydrogen-bond acceptors (Lipinski definition) is 5. The number of esters is 1. The van der Waals surface area contributed by atoms with Crippen LogP contribution >= 0.6 is 11.3 Å². The topological polar surface area (TPSA) is 68.3 Å². The van der Waals surface area contributed by atoms with Crippen LogP contribution < -0.4 is 5.32 Å². The molecule has 1 aromatic heterocycles. The van der Waals surface area contributed by atoms with Gasteiger partial charge >= 0.3 is 5.97 Å². The van der Waals surface area contributed by atoms with Crippen LogP contribution in [0.2, 0.25) is 0 Å². The smallest absolute Gasteiger partial charge is 0.306 e. The van der Waals surface area contributed by atoms with Crippen molar-refractivity contribution in [1.82, 2.24) is 10.3 Å². The molecule has 6 heteroatoms. The average molecular weight is 284 g/mol. The molecule has 0 saturated carbocycles. The summed E-state index contributed by atoms with van der Waals surface area (Å²) < 4.78 is 5.14. The molecule has 0 aliphatic carbocycles. The Balaban J connectivity index is 2.30. The van der Waals surface area contributed by atoms with Gasteiger partial charge in [0, 0.05) is 18.0 Å². The van der Waals surface area contributed by atoms with Crippen molar-refractivity contribution in [2.45, 2.75) is 52.2 Å². The number of ether oxygens (including phenoxy) is 1. The van der Waals surface area contributed by atoms with E-state index in [2.05, 4.69) is 10.3 Å². The van der Waals surface area contributed by atoms with Crippen LogP contribution in [0.3, 0.4) is 0 Å². The third-order valence-electron chi connectivity index (χ3n) is 2.18. The third-order valence-corrected chi connectivity index (χ3v) is 3.13. The molecule has 0 bridgehead atoms. The minimum absolute atomic E-state index is 0.0910. The van der Waals surface area contributed by atoms with Crippen molar-refractivity contribution in [3.63, 3.8) is 0 Å². The van der Waals surface area contributed by atoms with Crippen LogP contribution in [0.15, 0.2) is 11.6 Å². The highest BCUT2D eigenvalue weighted by Gasteiger charge is 2.18. The zero-order chi connectivity index (χ0) is 14.5. The Bertz CT molecular complexity index is 424. The van der Waals surface area contributed by atoms with Gasteiger partial charge in [-0.1, -0.05) is 0 Å². The SMILES string of the molecule is CC(NC(=O)CCC(=O)OC(C)(C)C)c1nccs1. The Labute approximate surface area is 117 Å². The van der Waals surface area contributed by atoms with E-state index in [9.17, 15) is 9.59 Å². The number of hydrogen-bond donors (Lipinski definition) is 1. The number of thiazole rings is 1. The van der Waals surface area contributed by atoms with Gasteiger partial charge in [0.25, 0.3) is 0 Å². The molecule has 5 nitrogen and oxygen atoms in total. The van der Waals surface area contributed by atoms with E-state index >= 15 is 0 Å². The molecule has 0 aliphatic heterocycles. The second kappa shape index (κ2) is 6.65. The highest BCUT2D eigenvalue weighted by atomic mass is 32.1. The molecule has 1 atom stereocenters. The largest absolute Gasteiger partial charge is 0.460 e. The van der Waals surface area contributed by atoms with E-state index in [1.165, 1.54) is 11.3 Å². The van der Waals surface area contributed by atoms with Crippen LogP contribution in [0, 0.1) is 0 Å². The van der Waals surface area contributed by atoms with Gasteiger partial charge in [0.2, 0.25) is 5.91 Å². The predicted octanol–water partition coefficient (Wildman–Crippen LogP) is 2.44. The maximum atomic E-state index is 11.7. The number of aromatic nitrogens is 1. The van der Waals surface area contributed by atoms with Crippen LogP contribution in [-0.2, 0) is 14.3 Å². The molecular formula is C13H20N2O3S. The van der Waals surface area contributed by atoms with Crippen LogP contribution in [-0.4, -0.2) is 22.5 Å². The molecule has 1 unspecified atom stereocenters. The fourth-order valence-electron chi connectivity index (χ4n) is 1.43. The van der Waals surface area contributed by atoms with Gasteiger partial charge in [0.1, 0.15) is 10.6 Å². The maximum Gasteiger partial charge on any atom is 0.306 e. The summed E-state index contributed by atoms with van der Waals surface area (Å²) in [5.74, 6) is -0.530. The van der Waals surface area contributed by atoms with Crippen LogP contribution in [0.25, 0.3) is 0 Å². The van der Waals surface area contributed by atoms with Crippen molar-refractivity contribution in [2.24, 2.45) is 0 Å². The predicted molar refractivity (Wildman–Crippen MR) is 73.8 cm³/mol. The molecule has 0 spiro atoms. The van der Waals surface area contributed by atoms with Crippen molar-refractivity contribution in [3.05, 3.63) is 16.6 Å². The molecule has 1 heterocycles. The fourth-order valence-corrected chi connectivity index (χ4v) is 2.08. The summed E-state index contributed by atoms with van der Waals surface area (Å²) in [7, 11) is 0. The van der Waals surface area contributed by atoms with Crippen molar-refractivity contribution in [3.8, 4) is 0 Å². The molecule has 1 amide bonds. The quantitative estimate of drug-likeness (QED) is 0.843. The first kappa shape index (κ1) is 15.6. The lowest BCUT2D eigenvalue weighted by atomic mass is 10.2. The van der Waals surface area contributed by atoms with E-state index in [1.54, 1.807) is 27.0 Å². The van der Waals surface area contributed by atoms with Crippen molar-refractivity contribution < 1.29 is 14.3 Å². The van der Waals surface area contributed by atoms with Crippen molar-refractivity contribution >= 4 is 23.2 Å². The zero-order valence-corrected chi connectivity index (χ0v) is 12.5. The summed E-state index contributed by atoms with van der Waals surface area (Å²) in [6.45, 7) is 7.27. The van der Waals surface area contributed by atoms with Crippen LogP contribution in [0.5, 0.6) is 0 Å². The molecule has 0 aromatic carbocycles. The minimum atomic E-state index is -0.512. The summed E-state index contributed by atoms with van der Waals surface area (Å²) in [6, 6.07) is -0.133. The molecule has 1 N–H and O–H groups in total. The number of rotatable bonds is 5. The minimum Gasteiger partial charge on any atom is -0.460 e. The molecule has 106 valence electrons. The Kier molecular flexibility index (Phi) is 5.47. The molecule has 19 heavy (non-hydrogen) atoms. The summed E-state index contributed by atoms with van der Waals surface area (Å²) in [6.07, 6.45) is 1.92. The number of carbonyl (C=O) groups excluding carboxylic acids is 2. The lowest BCUT2D eigenvalue weighted by Gasteiger charge is -2.19. The highest BCUT2D eigenvalue weighted by Crippen LogP contribution is 2.15. The maximum absolute atomic E-state index is 11.7. The highest BCUT2D eigenvalue weighted by molar-refractivity contribution is 7.09. The monoisotopic (exact) mass is 284 g/mol. The van der Waals surface area contributed by atoms with Gasteiger partial charge in [0.15, 0.2) is 0 Å². The third kappa shape index (κ3) is 6.33. The molecular weight excluding hydrogens is 264 g/mol. The lowest BCUT2D eigenvalue weighted by Crippen LogP contribution is -2.28. The Hall–Kier alpha value is -1.43. The van der Waals surface area contributed by atoms with Crippen LogP contribution in [0.1, 0.15) is 51.6 Å². The van der Waals surface area contributed by atoms with Gasteiger partial charge in [-0.2, -0.15) is 0 Å². The first-order valence-corrected chi connectivity index (χ1v) is 7.06. The summed E-state index contributed by atoms with van der Waals surface area (Å²) in [5.41, 5.74) is -0.512. The number of nitrogens with zero attached hydrogens (tertiary/aromatic N) is 1. The van der Waals surface area contributed by atoms with Gasteiger partial charge in [0.05, 0.1) is 12.5 Å². The number of carbonyl (C=O) groups is 2. The van der Waals surface area contributed by atoms with E-state index in [4.69, 9.17) is 4.74 Å². The van der Waals surface area contributed by atoms with Crippen LogP contribution in [0.4, 0.5) is 0 Å². The van der Waals surface area contributed by atoms with Gasteiger partial charge in [-0.15, -0.1) is 11.3 Å². The Morgan fingerprint density at radius 3 is 2.63 bits per heavy atom. The van der Waals surface area contributed by atoms with E-state index in [0.717, 1.165) is 5.01 Å². The second-order valence-electron chi connectivity index (χ2n) is 5.25. The average Bonchev–Trinajstić information content (AvgIpc) is 2.77. The Morgan fingerprint density at radius 1 is 1.42 bits per heavy atom. The summed E-state index contributed by atoms with van der Waals surface area (Å²) >= 11 is 1.49. The Morgan fingerprint density at radius 2 is 2.11 bits per heavy atom. The van der Waals surface area contributed by atoms with E-state index in [-0.39, 0.29) is 30.8 Å². The summed E-state index contributed by atoms with van der Waals surface area (Å²) in [5, 5.41) is 5.51. The summed E-state index contributed by atoms with van der Waals surface area (Å²) in [4.78, 5) is 27.3. The zero-order valence-electron chi connectivity index (χ0n) is 11.7. The molecule has 0 saturated heterocycles. The first-order valence-electron chi connectivity index (χ1n) is 6.18. The van der Waals surface area contributed by atoms with Gasteiger partial charge in [-0.3, -0.25) is 9.59 Å². The molecule has 1 aromatic rings. The lowest BCUT2D eigenvalue weighted by molar-refractivity contribution is -0.155. The second-order valence-corrected chi connectivity index (χ2v) is 6.17. The molecule has 0 fully saturated rings. The van der Waals surface area contributed by atoms with Crippen molar-refractivity contribution in [2.75, 3.05) is 0 Å². The van der Waals surface area contributed by atoms with E-state index < -0.39 is 5.60 Å². The molecule has 0 aliphatic rings. The molecule has 1 rings (SSSR count).